The summed E-state index contributed by atoms with van der Waals surface area (Å²) in [6.45, 7) is 0. The predicted molar refractivity (Wildman–Crippen MR) is 48.8 cm³/mol. The first kappa shape index (κ1) is 10.9. The molecular weight excluding hydrogens is 215 g/mol. The number of anilines is 1. The molecule has 0 spiro atoms. The summed E-state index contributed by atoms with van der Waals surface area (Å²) in [7, 11) is 0. The molecule has 76 valence electrons. The van der Waals surface area contributed by atoms with Crippen LogP contribution in [0, 0.1) is 17.5 Å². The lowest BCUT2D eigenvalue weighted by atomic mass is 10.3. The molecule has 1 aromatic rings. The Labute approximate surface area is 83.5 Å². The van der Waals surface area contributed by atoms with Crippen LogP contribution in [-0.2, 0) is 4.79 Å². The highest BCUT2D eigenvalue weighted by atomic mass is 32.1. The summed E-state index contributed by atoms with van der Waals surface area (Å²) in [6, 6.07) is 1.09. The van der Waals surface area contributed by atoms with Gasteiger partial charge >= 0.3 is 0 Å². The van der Waals surface area contributed by atoms with Crippen molar-refractivity contribution in [1.29, 1.82) is 0 Å². The van der Waals surface area contributed by atoms with Crippen molar-refractivity contribution in [3.05, 3.63) is 29.6 Å². The second-order valence-electron chi connectivity index (χ2n) is 2.46. The van der Waals surface area contributed by atoms with Gasteiger partial charge < -0.3 is 5.32 Å². The molecule has 0 atom stereocenters. The molecule has 0 aliphatic rings. The second kappa shape index (κ2) is 4.36. The number of nitrogens with one attached hydrogen (secondary N) is 1. The summed E-state index contributed by atoms with van der Waals surface area (Å²) in [5.74, 6) is -4.44. The van der Waals surface area contributed by atoms with E-state index >= 15 is 0 Å². The molecule has 0 bridgehead atoms. The summed E-state index contributed by atoms with van der Waals surface area (Å²) in [6.07, 6.45) is 0. The quantitative estimate of drug-likeness (QED) is 0.580. The Morgan fingerprint density at radius 1 is 1.36 bits per heavy atom. The smallest absolute Gasteiger partial charge is 0.234 e. The molecule has 0 heterocycles. The molecule has 1 amide bonds. The zero-order valence-electron chi connectivity index (χ0n) is 6.85. The number of carbonyl (C=O) groups excluding carboxylic acids is 1. The van der Waals surface area contributed by atoms with E-state index in [1.54, 1.807) is 0 Å². The highest BCUT2D eigenvalue weighted by molar-refractivity contribution is 7.81. The number of halogens is 3. The van der Waals surface area contributed by atoms with E-state index in [0.717, 1.165) is 0 Å². The highest BCUT2D eigenvalue weighted by Gasteiger charge is 2.12. The Morgan fingerprint density at radius 3 is 2.57 bits per heavy atom. The van der Waals surface area contributed by atoms with E-state index in [1.165, 1.54) is 0 Å². The van der Waals surface area contributed by atoms with Gasteiger partial charge in [-0.05, 0) is 0 Å². The Kier molecular flexibility index (Phi) is 3.40. The predicted octanol–water partition coefficient (Wildman–Crippen LogP) is 1.97. The van der Waals surface area contributed by atoms with Gasteiger partial charge in [-0.25, -0.2) is 13.2 Å². The lowest BCUT2D eigenvalue weighted by Crippen LogP contribution is -2.14. The van der Waals surface area contributed by atoms with Gasteiger partial charge in [-0.2, -0.15) is 12.6 Å². The minimum atomic E-state index is -1.35. The molecule has 1 rings (SSSR count). The largest absolute Gasteiger partial charge is 0.323 e. The summed E-state index contributed by atoms with van der Waals surface area (Å²) in [4.78, 5) is 10.8. The first-order valence-electron chi connectivity index (χ1n) is 3.60. The van der Waals surface area contributed by atoms with Crippen LogP contribution in [0.25, 0.3) is 0 Å². The van der Waals surface area contributed by atoms with Crippen LogP contribution in [0.2, 0.25) is 0 Å². The molecule has 1 aromatic carbocycles. The summed E-state index contributed by atoms with van der Waals surface area (Å²) in [5, 5.41) is 1.97. The molecule has 0 aliphatic carbocycles. The number of rotatable bonds is 2. The second-order valence-corrected chi connectivity index (χ2v) is 2.77. The van der Waals surface area contributed by atoms with Crippen molar-refractivity contribution in [2.75, 3.05) is 11.1 Å². The van der Waals surface area contributed by atoms with Crippen LogP contribution < -0.4 is 5.32 Å². The van der Waals surface area contributed by atoms with Crippen molar-refractivity contribution in [2.45, 2.75) is 0 Å². The minimum Gasteiger partial charge on any atom is -0.323 e. The van der Waals surface area contributed by atoms with Gasteiger partial charge in [-0.3, -0.25) is 4.79 Å². The van der Waals surface area contributed by atoms with Gasteiger partial charge in [0.25, 0.3) is 0 Å². The number of hydrogen-bond donors (Lipinski definition) is 2. The maximum absolute atomic E-state index is 12.9. The molecule has 0 unspecified atom stereocenters. The zero-order valence-corrected chi connectivity index (χ0v) is 7.75. The number of hydrogen-bond acceptors (Lipinski definition) is 2. The van der Waals surface area contributed by atoms with Crippen molar-refractivity contribution in [2.24, 2.45) is 0 Å². The zero-order chi connectivity index (χ0) is 10.7. The van der Waals surface area contributed by atoms with Crippen molar-refractivity contribution < 1.29 is 18.0 Å². The molecule has 0 fully saturated rings. The van der Waals surface area contributed by atoms with Gasteiger partial charge in [0.05, 0.1) is 11.4 Å². The molecule has 2 nitrogen and oxygen atoms in total. The SMILES string of the molecule is O=C(CS)Nc1cc(F)cc(F)c1F. The van der Waals surface area contributed by atoms with Gasteiger partial charge in [0, 0.05) is 12.1 Å². The van der Waals surface area contributed by atoms with Crippen molar-refractivity contribution in [3.63, 3.8) is 0 Å². The number of carbonyl (C=O) groups is 1. The lowest BCUT2D eigenvalue weighted by Gasteiger charge is -2.05. The first-order chi connectivity index (χ1) is 6.54. The first-order valence-corrected chi connectivity index (χ1v) is 4.23. The van der Waals surface area contributed by atoms with E-state index < -0.39 is 29.0 Å². The molecule has 1 N–H and O–H groups in total. The van der Waals surface area contributed by atoms with Gasteiger partial charge in [0.15, 0.2) is 11.6 Å². The monoisotopic (exact) mass is 221 g/mol. The van der Waals surface area contributed by atoms with Crippen LogP contribution in [-0.4, -0.2) is 11.7 Å². The highest BCUT2D eigenvalue weighted by Crippen LogP contribution is 2.18. The minimum absolute atomic E-state index is 0.197. The Morgan fingerprint density at radius 2 is 2.00 bits per heavy atom. The molecule has 0 aliphatic heterocycles. The van der Waals surface area contributed by atoms with Crippen LogP contribution in [0.1, 0.15) is 0 Å². The molecule has 0 aromatic heterocycles. The van der Waals surface area contributed by atoms with Crippen LogP contribution >= 0.6 is 12.6 Å². The standard InChI is InChI=1S/C8H6F3NOS/c9-4-1-5(10)8(11)6(2-4)12-7(13)3-14/h1-2,14H,3H2,(H,12,13). The van der Waals surface area contributed by atoms with Crippen LogP contribution in [0.15, 0.2) is 12.1 Å². The van der Waals surface area contributed by atoms with E-state index in [0.29, 0.717) is 12.1 Å². The maximum Gasteiger partial charge on any atom is 0.234 e. The van der Waals surface area contributed by atoms with Crippen molar-refractivity contribution >= 4 is 24.2 Å². The van der Waals surface area contributed by atoms with Gasteiger partial charge in [-0.1, -0.05) is 0 Å². The van der Waals surface area contributed by atoms with Crippen LogP contribution in [0.3, 0.4) is 0 Å². The summed E-state index contributed by atoms with van der Waals surface area (Å²) >= 11 is 3.61. The third-order valence-electron chi connectivity index (χ3n) is 1.41. The van der Waals surface area contributed by atoms with E-state index in [2.05, 4.69) is 12.6 Å². The van der Waals surface area contributed by atoms with Crippen molar-refractivity contribution in [3.8, 4) is 0 Å². The third-order valence-corrected chi connectivity index (χ3v) is 1.70. The Bertz CT molecular complexity index is 370. The topological polar surface area (TPSA) is 29.1 Å². The van der Waals surface area contributed by atoms with E-state index in [-0.39, 0.29) is 5.75 Å². The molecule has 14 heavy (non-hydrogen) atoms. The lowest BCUT2D eigenvalue weighted by molar-refractivity contribution is -0.113. The fourth-order valence-electron chi connectivity index (χ4n) is 0.837. The average Bonchev–Trinajstić information content (AvgIpc) is 2.13. The molecule has 0 saturated heterocycles. The van der Waals surface area contributed by atoms with E-state index in [4.69, 9.17) is 0 Å². The average molecular weight is 221 g/mol. The Hall–Kier alpha value is -1.17. The fraction of sp³-hybridized carbons (Fsp3) is 0.125. The number of benzene rings is 1. The molecule has 6 heteroatoms. The summed E-state index contributed by atoms with van der Waals surface area (Å²) < 4.78 is 38.1. The molecular formula is C8H6F3NOS. The van der Waals surface area contributed by atoms with Gasteiger partial charge in [0.1, 0.15) is 5.82 Å². The van der Waals surface area contributed by atoms with Crippen LogP contribution in [0.4, 0.5) is 18.9 Å². The normalized spacial score (nSPS) is 10.0. The Balaban J connectivity index is 3.02. The number of thiol groups is 1. The van der Waals surface area contributed by atoms with Crippen molar-refractivity contribution in [1.82, 2.24) is 0 Å². The van der Waals surface area contributed by atoms with Gasteiger partial charge in [-0.15, -0.1) is 0 Å². The van der Waals surface area contributed by atoms with E-state index in [9.17, 15) is 18.0 Å². The summed E-state index contributed by atoms with van der Waals surface area (Å²) in [5.41, 5.74) is -0.526. The van der Waals surface area contributed by atoms with Gasteiger partial charge in [0.2, 0.25) is 5.91 Å². The fourth-order valence-corrected chi connectivity index (χ4v) is 0.916. The third kappa shape index (κ3) is 2.41. The number of amides is 1. The van der Waals surface area contributed by atoms with Crippen LogP contribution in [0.5, 0.6) is 0 Å². The van der Waals surface area contributed by atoms with E-state index in [1.807, 2.05) is 5.32 Å². The molecule has 0 radical (unpaired) electrons. The maximum atomic E-state index is 12.9. The molecule has 0 saturated carbocycles.